The first-order valence-corrected chi connectivity index (χ1v) is 6.96. The van der Waals surface area contributed by atoms with Crippen molar-refractivity contribution in [2.45, 2.75) is 0 Å². The fraction of sp³-hybridized carbons (Fsp3) is 0.0714. The van der Waals surface area contributed by atoms with E-state index in [4.69, 9.17) is 21.1 Å². The molecule has 4 nitrogen and oxygen atoms in total. The van der Waals surface area contributed by atoms with E-state index in [0.29, 0.717) is 32.2 Å². The lowest BCUT2D eigenvalue weighted by Crippen LogP contribution is -2.12. The number of fused-ring (bicyclic) bond motifs is 1. The van der Waals surface area contributed by atoms with Gasteiger partial charge in [0.2, 0.25) is 6.79 Å². The van der Waals surface area contributed by atoms with Crippen LogP contribution in [0.4, 0.5) is 5.69 Å². The zero-order chi connectivity index (χ0) is 14.1. The second-order valence-corrected chi connectivity index (χ2v) is 5.44. The molecule has 0 fully saturated rings. The number of nitrogens with one attached hydrogen (secondary N) is 1. The largest absolute Gasteiger partial charge is 0.454 e. The van der Waals surface area contributed by atoms with Gasteiger partial charge in [0.25, 0.3) is 5.91 Å². The summed E-state index contributed by atoms with van der Waals surface area (Å²) in [7, 11) is 0. The van der Waals surface area contributed by atoms with Crippen LogP contribution in [-0.4, -0.2) is 12.7 Å². The van der Waals surface area contributed by atoms with Crippen LogP contribution in [0.3, 0.4) is 0 Å². The average molecular weight is 355 g/mol. The Balaban J connectivity index is 1.82. The van der Waals surface area contributed by atoms with E-state index in [9.17, 15) is 4.79 Å². The normalized spacial score (nSPS) is 12.3. The Morgan fingerprint density at radius 1 is 1.15 bits per heavy atom. The number of hydrogen-bond donors (Lipinski definition) is 1. The van der Waals surface area contributed by atoms with Gasteiger partial charge < -0.3 is 14.8 Å². The van der Waals surface area contributed by atoms with E-state index >= 15 is 0 Å². The first kappa shape index (κ1) is 13.3. The smallest absolute Gasteiger partial charge is 0.256 e. The highest BCUT2D eigenvalue weighted by molar-refractivity contribution is 9.10. The monoisotopic (exact) mass is 353 g/mol. The highest BCUT2D eigenvalue weighted by Gasteiger charge is 2.15. The van der Waals surface area contributed by atoms with Crippen molar-refractivity contribution in [3.8, 4) is 11.5 Å². The van der Waals surface area contributed by atoms with Crippen LogP contribution in [0, 0.1) is 0 Å². The molecule has 0 bridgehead atoms. The number of rotatable bonds is 2. The van der Waals surface area contributed by atoms with Crippen LogP contribution < -0.4 is 14.8 Å². The van der Waals surface area contributed by atoms with E-state index in [0.717, 1.165) is 0 Å². The van der Waals surface area contributed by atoms with Gasteiger partial charge in [0, 0.05) is 21.2 Å². The Bertz CT molecular complexity index is 690. The van der Waals surface area contributed by atoms with Crippen molar-refractivity contribution in [3.05, 3.63) is 51.5 Å². The van der Waals surface area contributed by atoms with Crippen molar-refractivity contribution >= 4 is 39.1 Å². The lowest BCUT2D eigenvalue weighted by Gasteiger charge is -2.08. The molecule has 0 saturated heterocycles. The minimum Gasteiger partial charge on any atom is -0.454 e. The van der Waals surface area contributed by atoms with Gasteiger partial charge in [-0.05, 0) is 46.3 Å². The molecule has 1 aliphatic rings. The maximum atomic E-state index is 12.2. The SMILES string of the molecule is O=C(Nc1ccc2c(c1)OCO2)c1ccc(Cl)cc1Br. The summed E-state index contributed by atoms with van der Waals surface area (Å²) < 4.78 is 11.1. The van der Waals surface area contributed by atoms with Crippen LogP contribution in [0.25, 0.3) is 0 Å². The third-order valence-electron chi connectivity index (χ3n) is 2.81. The van der Waals surface area contributed by atoms with Gasteiger partial charge in [-0.3, -0.25) is 4.79 Å². The molecular weight excluding hydrogens is 346 g/mol. The molecule has 1 N–H and O–H groups in total. The summed E-state index contributed by atoms with van der Waals surface area (Å²) in [6.45, 7) is 0.204. The molecule has 6 heteroatoms. The summed E-state index contributed by atoms with van der Waals surface area (Å²) in [4.78, 5) is 12.2. The Kier molecular flexibility index (Phi) is 3.54. The molecule has 0 aliphatic carbocycles. The van der Waals surface area contributed by atoms with Gasteiger partial charge in [0.1, 0.15) is 0 Å². The van der Waals surface area contributed by atoms with Crippen molar-refractivity contribution in [1.29, 1.82) is 0 Å². The highest BCUT2D eigenvalue weighted by atomic mass is 79.9. The maximum Gasteiger partial charge on any atom is 0.256 e. The lowest BCUT2D eigenvalue weighted by molar-refractivity contribution is 0.102. The van der Waals surface area contributed by atoms with Crippen LogP contribution in [0.5, 0.6) is 11.5 Å². The van der Waals surface area contributed by atoms with Gasteiger partial charge >= 0.3 is 0 Å². The summed E-state index contributed by atoms with van der Waals surface area (Å²) in [5, 5.41) is 3.37. The molecule has 102 valence electrons. The van der Waals surface area contributed by atoms with E-state index in [1.54, 1.807) is 36.4 Å². The Morgan fingerprint density at radius 2 is 1.95 bits per heavy atom. The van der Waals surface area contributed by atoms with Gasteiger partial charge in [-0.2, -0.15) is 0 Å². The fourth-order valence-corrected chi connectivity index (χ4v) is 2.71. The number of amides is 1. The van der Waals surface area contributed by atoms with E-state index in [1.807, 2.05) is 0 Å². The van der Waals surface area contributed by atoms with Crippen molar-refractivity contribution < 1.29 is 14.3 Å². The van der Waals surface area contributed by atoms with Crippen molar-refractivity contribution in [2.24, 2.45) is 0 Å². The molecule has 1 aliphatic heterocycles. The summed E-state index contributed by atoms with van der Waals surface area (Å²) >= 11 is 9.17. The van der Waals surface area contributed by atoms with E-state index in [1.165, 1.54) is 0 Å². The van der Waals surface area contributed by atoms with Crippen molar-refractivity contribution in [1.82, 2.24) is 0 Å². The zero-order valence-corrected chi connectivity index (χ0v) is 12.5. The molecule has 2 aromatic rings. The minimum absolute atomic E-state index is 0.204. The number of carbonyl (C=O) groups is 1. The van der Waals surface area contributed by atoms with E-state index in [2.05, 4.69) is 21.2 Å². The quantitative estimate of drug-likeness (QED) is 0.884. The molecule has 20 heavy (non-hydrogen) atoms. The first-order chi connectivity index (χ1) is 9.63. The summed E-state index contributed by atoms with van der Waals surface area (Å²) in [6.07, 6.45) is 0. The summed E-state index contributed by atoms with van der Waals surface area (Å²) in [6, 6.07) is 10.2. The molecule has 0 spiro atoms. The van der Waals surface area contributed by atoms with Gasteiger partial charge in [-0.25, -0.2) is 0 Å². The van der Waals surface area contributed by atoms with Crippen LogP contribution in [0.15, 0.2) is 40.9 Å². The number of halogens is 2. The second-order valence-electron chi connectivity index (χ2n) is 4.15. The van der Waals surface area contributed by atoms with Gasteiger partial charge in [0.05, 0.1) is 5.56 Å². The predicted octanol–water partition coefficient (Wildman–Crippen LogP) is 4.08. The molecule has 0 atom stereocenters. The molecular formula is C14H9BrClNO3. The number of hydrogen-bond acceptors (Lipinski definition) is 3. The number of benzene rings is 2. The number of carbonyl (C=O) groups excluding carboxylic acids is 1. The van der Waals surface area contributed by atoms with E-state index < -0.39 is 0 Å². The maximum absolute atomic E-state index is 12.2. The van der Waals surface area contributed by atoms with Gasteiger partial charge in [-0.15, -0.1) is 0 Å². The van der Waals surface area contributed by atoms with Gasteiger partial charge in [0.15, 0.2) is 11.5 Å². The van der Waals surface area contributed by atoms with Crippen molar-refractivity contribution in [2.75, 3.05) is 12.1 Å². The highest BCUT2D eigenvalue weighted by Crippen LogP contribution is 2.34. The van der Waals surface area contributed by atoms with Crippen molar-refractivity contribution in [3.63, 3.8) is 0 Å². The third kappa shape index (κ3) is 2.59. The molecule has 0 unspecified atom stereocenters. The Labute approximate surface area is 128 Å². The summed E-state index contributed by atoms with van der Waals surface area (Å²) in [5.74, 6) is 1.07. The topological polar surface area (TPSA) is 47.6 Å². The fourth-order valence-electron chi connectivity index (χ4n) is 1.85. The number of ether oxygens (including phenoxy) is 2. The van der Waals surface area contributed by atoms with Crippen LogP contribution >= 0.6 is 27.5 Å². The molecule has 0 saturated carbocycles. The Hall–Kier alpha value is -1.72. The number of anilines is 1. The van der Waals surface area contributed by atoms with Crippen LogP contribution in [0.2, 0.25) is 5.02 Å². The lowest BCUT2D eigenvalue weighted by atomic mass is 10.2. The molecule has 3 rings (SSSR count). The zero-order valence-electron chi connectivity index (χ0n) is 10.2. The molecule has 0 aromatic heterocycles. The molecule has 2 aromatic carbocycles. The second kappa shape index (κ2) is 5.34. The van der Waals surface area contributed by atoms with Crippen LogP contribution in [0.1, 0.15) is 10.4 Å². The third-order valence-corrected chi connectivity index (χ3v) is 3.70. The standard InChI is InChI=1S/C14H9BrClNO3/c15-11-5-8(16)1-3-10(11)14(18)17-9-2-4-12-13(6-9)20-7-19-12/h1-6H,7H2,(H,17,18). The molecule has 0 radical (unpaired) electrons. The summed E-state index contributed by atoms with van der Waals surface area (Å²) in [5.41, 5.74) is 1.15. The van der Waals surface area contributed by atoms with E-state index in [-0.39, 0.29) is 12.7 Å². The average Bonchev–Trinajstić information content (AvgIpc) is 2.85. The Morgan fingerprint density at radius 3 is 2.75 bits per heavy atom. The van der Waals surface area contributed by atoms with Gasteiger partial charge in [-0.1, -0.05) is 11.6 Å². The molecule has 1 amide bonds. The minimum atomic E-state index is -0.229. The van der Waals surface area contributed by atoms with Crippen LogP contribution in [-0.2, 0) is 0 Å². The molecule has 1 heterocycles. The predicted molar refractivity (Wildman–Crippen MR) is 79.7 cm³/mol. The first-order valence-electron chi connectivity index (χ1n) is 5.79.